The topological polar surface area (TPSA) is 39.2 Å². The number of nitrogens with zero attached hydrogens (tertiary/aromatic N) is 1. The smallest absolute Gasteiger partial charge is 0.312 e. The zero-order valence-electron chi connectivity index (χ0n) is 14.6. The zero-order valence-corrected chi connectivity index (χ0v) is 16.2. The van der Waals surface area contributed by atoms with Crippen molar-refractivity contribution in [3.63, 3.8) is 0 Å². The number of thiazole rings is 1. The lowest BCUT2D eigenvalue weighted by Crippen LogP contribution is -2.56. The van der Waals surface area contributed by atoms with Crippen molar-refractivity contribution < 1.29 is 9.53 Å². The molecule has 0 spiro atoms. The summed E-state index contributed by atoms with van der Waals surface area (Å²) in [5.74, 6) is 1.15. The van der Waals surface area contributed by atoms with Crippen molar-refractivity contribution in [1.82, 2.24) is 4.98 Å². The molecule has 0 aliphatic heterocycles. The molecule has 0 unspecified atom stereocenters. The third kappa shape index (κ3) is 2.87. The minimum atomic E-state index is -0.343. The first-order chi connectivity index (χ1) is 12.5. The summed E-state index contributed by atoms with van der Waals surface area (Å²) in [5, 5.41) is 2.95. The van der Waals surface area contributed by atoms with Gasteiger partial charge >= 0.3 is 5.97 Å². The van der Waals surface area contributed by atoms with E-state index in [1.54, 1.807) is 11.3 Å². The average molecular weight is 388 g/mol. The van der Waals surface area contributed by atoms with Gasteiger partial charge in [-0.1, -0.05) is 30.3 Å². The predicted molar refractivity (Wildman–Crippen MR) is 103 cm³/mol. The van der Waals surface area contributed by atoms with Crippen LogP contribution in [0.1, 0.15) is 44.2 Å². The van der Waals surface area contributed by atoms with E-state index in [1.807, 2.05) is 35.7 Å². The summed E-state index contributed by atoms with van der Waals surface area (Å²) in [5.41, 5.74) is 1.58. The van der Waals surface area contributed by atoms with Crippen LogP contribution in [0.25, 0.3) is 10.6 Å². The Balaban J connectivity index is 1.28. The number of benzene rings is 1. The number of hydrogen-bond donors (Lipinski definition) is 0. The van der Waals surface area contributed by atoms with E-state index in [9.17, 15) is 4.79 Å². The van der Waals surface area contributed by atoms with Gasteiger partial charge in [-0.3, -0.25) is 4.79 Å². The van der Waals surface area contributed by atoms with Gasteiger partial charge in [-0.05, 0) is 50.4 Å². The molecular formula is C21H22ClNO2S. The van der Waals surface area contributed by atoms with Crippen LogP contribution in [0.15, 0.2) is 35.7 Å². The number of hydrogen-bond acceptors (Lipinski definition) is 4. The molecule has 4 saturated carbocycles. The van der Waals surface area contributed by atoms with Crippen LogP contribution in [-0.4, -0.2) is 15.8 Å². The number of carbonyl (C=O) groups excluding carboxylic acids is 1. The Morgan fingerprint density at radius 3 is 2.62 bits per heavy atom. The SMILES string of the molecule is O=C(OCc1csc(-c2ccccc2)n1)C12C[C@H]3C[C@@H](CC(Cl)(C3)C1)C2. The van der Waals surface area contributed by atoms with E-state index in [1.165, 1.54) is 6.42 Å². The summed E-state index contributed by atoms with van der Waals surface area (Å²) in [6.07, 6.45) is 6.11. The molecule has 3 nitrogen and oxygen atoms in total. The maximum atomic E-state index is 13.0. The Morgan fingerprint density at radius 1 is 1.19 bits per heavy atom. The molecule has 2 aromatic rings. The second-order valence-corrected chi connectivity index (χ2v) is 10.1. The Kier molecular flexibility index (Phi) is 3.91. The Hall–Kier alpha value is -1.39. The van der Waals surface area contributed by atoms with E-state index in [4.69, 9.17) is 16.3 Å². The fraction of sp³-hybridized carbons (Fsp3) is 0.524. The van der Waals surface area contributed by atoms with Crippen LogP contribution in [0.2, 0.25) is 0 Å². The van der Waals surface area contributed by atoms with E-state index >= 15 is 0 Å². The van der Waals surface area contributed by atoms with E-state index < -0.39 is 0 Å². The van der Waals surface area contributed by atoms with Crippen molar-refractivity contribution in [2.45, 2.75) is 50.0 Å². The molecule has 1 aromatic heterocycles. The molecule has 2 atom stereocenters. The van der Waals surface area contributed by atoms with Crippen LogP contribution >= 0.6 is 22.9 Å². The molecular weight excluding hydrogens is 366 g/mol. The largest absolute Gasteiger partial charge is 0.459 e. The number of halogens is 1. The number of rotatable bonds is 4. The highest BCUT2D eigenvalue weighted by molar-refractivity contribution is 7.13. The molecule has 0 N–H and O–H groups in total. The fourth-order valence-corrected chi connectivity index (χ4v) is 7.27. The van der Waals surface area contributed by atoms with Crippen LogP contribution < -0.4 is 0 Å². The fourth-order valence-electron chi connectivity index (χ4n) is 5.77. The normalized spacial score (nSPS) is 34.8. The van der Waals surface area contributed by atoms with Gasteiger partial charge in [-0.15, -0.1) is 22.9 Å². The Labute approximate surface area is 162 Å². The van der Waals surface area contributed by atoms with Crippen molar-refractivity contribution in [3.05, 3.63) is 41.4 Å². The second kappa shape index (κ2) is 6.07. The minimum absolute atomic E-state index is 0.0501. The zero-order chi connectivity index (χ0) is 17.8. The molecule has 4 bridgehead atoms. The summed E-state index contributed by atoms with van der Waals surface area (Å²) in [6, 6.07) is 10.1. The molecule has 4 aliphatic carbocycles. The van der Waals surface area contributed by atoms with Gasteiger partial charge in [-0.2, -0.15) is 0 Å². The third-order valence-electron chi connectivity index (χ3n) is 6.35. The number of ether oxygens (including phenoxy) is 1. The standard InChI is InChI=1S/C21H22ClNO2S/c22-21-9-14-6-15(10-21)8-20(7-14,13-21)19(24)25-11-17-12-26-18(23-17)16-4-2-1-3-5-16/h1-5,12,14-15H,6-11,13H2/t14-,15-,20?,21?/m1/s1. The van der Waals surface area contributed by atoms with E-state index in [2.05, 4.69) is 4.98 Å². The molecule has 26 heavy (non-hydrogen) atoms. The molecule has 136 valence electrons. The highest BCUT2D eigenvalue weighted by Gasteiger charge is 2.60. The van der Waals surface area contributed by atoms with E-state index in [0.717, 1.165) is 48.4 Å². The summed E-state index contributed by atoms with van der Waals surface area (Å²) in [7, 11) is 0. The van der Waals surface area contributed by atoms with Crippen molar-refractivity contribution >= 4 is 28.9 Å². The van der Waals surface area contributed by atoms with Crippen LogP contribution in [0.3, 0.4) is 0 Å². The Morgan fingerprint density at radius 2 is 1.92 bits per heavy atom. The summed E-state index contributed by atoms with van der Waals surface area (Å²) in [4.78, 5) is 17.4. The average Bonchev–Trinajstić information content (AvgIpc) is 3.07. The molecule has 1 aromatic carbocycles. The third-order valence-corrected chi connectivity index (χ3v) is 7.73. The number of carbonyl (C=O) groups is 1. The molecule has 6 rings (SSSR count). The van der Waals surface area contributed by atoms with Gasteiger partial charge in [-0.25, -0.2) is 4.98 Å². The monoisotopic (exact) mass is 387 g/mol. The van der Waals surface area contributed by atoms with Crippen LogP contribution in [-0.2, 0) is 16.1 Å². The van der Waals surface area contributed by atoms with Crippen molar-refractivity contribution in [1.29, 1.82) is 0 Å². The molecule has 1 heterocycles. The molecule has 0 saturated heterocycles. The molecule has 4 aliphatic rings. The maximum absolute atomic E-state index is 13.0. The first-order valence-electron chi connectivity index (χ1n) is 9.40. The first-order valence-corrected chi connectivity index (χ1v) is 10.7. The highest BCUT2D eigenvalue weighted by atomic mass is 35.5. The van der Waals surface area contributed by atoms with Gasteiger partial charge in [0.05, 0.1) is 11.1 Å². The summed E-state index contributed by atoms with van der Waals surface area (Å²) >= 11 is 8.42. The van der Waals surface area contributed by atoms with Crippen LogP contribution in [0.5, 0.6) is 0 Å². The van der Waals surface area contributed by atoms with Crippen molar-refractivity contribution in [2.24, 2.45) is 17.3 Å². The molecule has 4 fully saturated rings. The van der Waals surface area contributed by atoms with Crippen LogP contribution in [0.4, 0.5) is 0 Å². The van der Waals surface area contributed by atoms with E-state index in [0.29, 0.717) is 11.8 Å². The Bertz CT molecular complexity index is 820. The lowest BCUT2D eigenvalue weighted by molar-refractivity contribution is -0.171. The quantitative estimate of drug-likeness (QED) is 0.518. The molecule has 5 heteroatoms. The second-order valence-electron chi connectivity index (χ2n) is 8.48. The highest BCUT2D eigenvalue weighted by Crippen LogP contribution is 2.64. The lowest BCUT2D eigenvalue weighted by Gasteiger charge is -2.58. The lowest BCUT2D eigenvalue weighted by atomic mass is 9.49. The van der Waals surface area contributed by atoms with Gasteiger partial charge in [0.25, 0.3) is 0 Å². The van der Waals surface area contributed by atoms with Gasteiger partial charge in [0, 0.05) is 15.8 Å². The summed E-state index contributed by atoms with van der Waals surface area (Å²) < 4.78 is 5.75. The first kappa shape index (κ1) is 16.8. The van der Waals surface area contributed by atoms with Gasteiger partial charge in [0.1, 0.15) is 11.6 Å². The van der Waals surface area contributed by atoms with E-state index in [-0.39, 0.29) is 22.9 Å². The molecule has 0 amide bonds. The predicted octanol–water partition coefficient (Wildman–Crippen LogP) is 5.43. The van der Waals surface area contributed by atoms with Gasteiger partial charge < -0.3 is 4.74 Å². The number of alkyl halides is 1. The summed E-state index contributed by atoms with van der Waals surface area (Å²) in [6.45, 7) is 0.258. The molecule has 0 radical (unpaired) electrons. The van der Waals surface area contributed by atoms with Crippen molar-refractivity contribution in [2.75, 3.05) is 0 Å². The van der Waals surface area contributed by atoms with Gasteiger partial charge in [0.2, 0.25) is 0 Å². The van der Waals surface area contributed by atoms with Crippen molar-refractivity contribution in [3.8, 4) is 10.6 Å². The maximum Gasteiger partial charge on any atom is 0.312 e. The number of esters is 1. The van der Waals surface area contributed by atoms with Gasteiger partial charge in [0.15, 0.2) is 0 Å². The minimum Gasteiger partial charge on any atom is -0.459 e. The number of aromatic nitrogens is 1. The van der Waals surface area contributed by atoms with Crippen LogP contribution in [0, 0.1) is 17.3 Å².